The third-order valence-corrected chi connectivity index (χ3v) is 4.22. The smallest absolute Gasteiger partial charge is 0.0247 e. The van der Waals surface area contributed by atoms with Crippen LogP contribution in [0.15, 0.2) is 42.5 Å². The largest absolute Gasteiger partial charge is 0.329 e. The first kappa shape index (κ1) is 12.6. The lowest BCUT2D eigenvalue weighted by Gasteiger charge is -2.27. The van der Waals surface area contributed by atoms with Crippen LogP contribution >= 0.6 is 0 Å². The Morgan fingerprint density at radius 1 is 1.16 bits per heavy atom. The van der Waals surface area contributed by atoms with Crippen molar-refractivity contribution in [2.75, 3.05) is 13.6 Å². The number of hydrogen-bond acceptors (Lipinski definition) is 2. The molecule has 1 aliphatic rings. The lowest BCUT2D eigenvalue weighted by molar-refractivity contribution is 0.215. The van der Waals surface area contributed by atoms with Gasteiger partial charge in [-0.05, 0) is 48.2 Å². The lowest BCUT2D eigenvalue weighted by atomic mass is 10.1. The highest BCUT2D eigenvalue weighted by molar-refractivity contribution is 5.82. The van der Waals surface area contributed by atoms with Crippen molar-refractivity contribution < 1.29 is 0 Å². The SMILES string of the molecule is CN(Cc1ccc2ccccc2c1)C(CN)C1CC1. The molecule has 2 aromatic carbocycles. The Hall–Kier alpha value is -1.38. The predicted molar refractivity (Wildman–Crippen MR) is 81.0 cm³/mol. The summed E-state index contributed by atoms with van der Waals surface area (Å²) in [7, 11) is 2.20. The Morgan fingerprint density at radius 3 is 2.58 bits per heavy atom. The van der Waals surface area contributed by atoms with E-state index in [0.29, 0.717) is 6.04 Å². The summed E-state index contributed by atoms with van der Waals surface area (Å²) in [5, 5.41) is 2.63. The molecule has 0 spiro atoms. The van der Waals surface area contributed by atoms with E-state index in [1.54, 1.807) is 0 Å². The molecule has 0 saturated heterocycles. The average Bonchev–Trinajstić information content (AvgIpc) is 3.24. The van der Waals surface area contributed by atoms with Crippen LogP contribution in [0.5, 0.6) is 0 Å². The van der Waals surface area contributed by atoms with Gasteiger partial charge in [0.1, 0.15) is 0 Å². The van der Waals surface area contributed by atoms with Crippen LogP contribution in [0.2, 0.25) is 0 Å². The molecule has 0 aromatic heterocycles. The maximum Gasteiger partial charge on any atom is 0.0247 e. The van der Waals surface area contributed by atoms with E-state index in [0.717, 1.165) is 19.0 Å². The number of fused-ring (bicyclic) bond motifs is 1. The Kier molecular flexibility index (Phi) is 3.54. The van der Waals surface area contributed by atoms with Gasteiger partial charge in [0, 0.05) is 19.1 Å². The van der Waals surface area contributed by atoms with Gasteiger partial charge in [-0.25, -0.2) is 0 Å². The van der Waals surface area contributed by atoms with Crippen molar-refractivity contribution in [2.45, 2.75) is 25.4 Å². The quantitative estimate of drug-likeness (QED) is 0.888. The summed E-state index contributed by atoms with van der Waals surface area (Å²) in [6.07, 6.45) is 2.70. The first-order valence-corrected chi connectivity index (χ1v) is 7.16. The standard InChI is InChI=1S/C17H22N2/c1-19(17(11-18)15-8-9-15)12-13-6-7-14-4-2-3-5-16(14)10-13/h2-7,10,15,17H,8-9,11-12,18H2,1H3. The number of hydrogen-bond donors (Lipinski definition) is 1. The molecule has 3 rings (SSSR count). The van der Waals surface area contributed by atoms with Crippen molar-refractivity contribution in [1.29, 1.82) is 0 Å². The Labute approximate surface area is 115 Å². The molecule has 0 aliphatic heterocycles. The second kappa shape index (κ2) is 5.32. The van der Waals surface area contributed by atoms with Crippen molar-refractivity contribution >= 4 is 10.8 Å². The van der Waals surface area contributed by atoms with Gasteiger partial charge in [0.25, 0.3) is 0 Å². The summed E-state index contributed by atoms with van der Waals surface area (Å²) < 4.78 is 0. The minimum atomic E-state index is 0.548. The molecule has 2 aromatic rings. The van der Waals surface area contributed by atoms with Crippen LogP contribution in [0.25, 0.3) is 10.8 Å². The summed E-state index contributed by atoms with van der Waals surface area (Å²) >= 11 is 0. The van der Waals surface area contributed by atoms with Crippen molar-refractivity contribution in [3.63, 3.8) is 0 Å². The highest BCUT2D eigenvalue weighted by atomic mass is 15.1. The van der Waals surface area contributed by atoms with Crippen molar-refractivity contribution in [1.82, 2.24) is 4.90 Å². The van der Waals surface area contributed by atoms with Gasteiger partial charge in [0.05, 0.1) is 0 Å². The molecule has 0 amide bonds. The fourth-order valence-electron chi connectivity index (χ4n) is 2.96. The summed E-state index contributed by atoms with van der Waals surface area (Å²) in [4.78, 5) is 2.42. The van der Waals surface area contributed by atoms with Crippen LogP contribution in [0, 0.1) is 5.92 Å². The Bertz CT molecular complexity index is 560. The van der Waals surface area contributed by atoms with Crippen molar-refractivity contribution in [2.24, 2.45) is 11.7 Å². The lowest BCUT2D eigenvalue weighted by Crippen LogP contribution is -2.39. The molecule has 2 nitrogen and oxygen atoms in total. The highest BCUT2D eigenvalue weighted by Gasteiger charge is 2.32. The van der Waals surface area contributed by atoms with Gasteiger partial charge in [-0.3, -0.25) is 4.90 Å². The van der Waals surface area contributed by atoms with Gasteiger partial charge in [-0.1, -0.05) is 36.4 Å². The third kappa shape index (κ3) is 2.80. The van der Waals surface area contributed by atoms with Crippen LogP contribution in [0.4, 0.5) is 0 Å². The molecule has 1 aliphatic carbocycles. The predicted octanol–water partition coefficient (Wildman–Crippen LogP) is 3.01. The number of benzene rings is 2. The first-order chi connectivity index (χ1) is 9.28. The summed E-state index contributed by atoms with van der Waals surface area (Å²) in [5.74, 6) is 0.829. The molecule has 1 fully saturated rings. The third-order valence-electron chi connectivity index (χ3n) is 4.22. The molecular formula is C17H22N2. The number of nitrogens with zero attached hydrogens (tertiary/aromatic N) is 1. The second-order valence-corrected chi connectivity index (χ2v) is 5.74. The maximum atomic E-state index is 5.92. The molecular weight excluding hydrogens is 232 g/mol. The zero-order chi connectivity index (χ0) is 13.2. The normalized spacial score (nSPS) is 17.0. The van der Waals surface area contributed by atoms with E-state index in [9.17, 15) is 0 Å². The van der Waals surface area contributed by atoms with Crippen molar-refractivity contribution in [3.05, 3.63) is 48.0 Å². The van der Waals surface area contributed by atoms with Crippen molar-refractivity contribution in [3.8, 4) is 0 Å². The zero-order valence-corrected chi connectivity index (χ0v) is 11.5. The fraction of sp³-hybridized carbons (Fsp3) is 0.412. The van der Waals surface area contributed by atoms with E-state index >= 15 is 0 Å². The highest BCUT2D eigenvalue weighted by Crippen LogP contribution is 2.35. The van der Waals surface area contributed by atoms with Crippen LogP contribution in [-0.2, 0) is 6.54 Å². The van der Waals surface area contributed by atoms with Crippen LogP contribution in [0.1, 0.15) is 18.4 Å². The molecule has 2 heteroatoms. The molecule has 0 heterocycles. The molecule has 0 radical (unpaired) electrons. The Morgan fingerprint density at radius 2 is 1.89 bits per heavy atom. The number of likely N-dealkylation sites (N-methyl/N-ethyl adjacent to an activating group) is 1. The van der Waals surface area contributed by atoms with E-state index in [-0.39, 0.29) is 0 Å². The molecule has 100 valence electrons. The van der Waals surface area contributed by atoms with Gasteiger partial charge < -0.3 is 5.73 Å². The summed E-state index contributed by atoms with van der Waals surface area (Å²) in [6, 6.07) is 15.8. The zero-order valence-electron chi connectivity index (χ0n) is 11.5. The van der Waals surface area contributed by atoms with Crippen LogP contribution < -0.4 is 5.73 Å². The second-order valence-electron chi connectivity index (χ2n) is 5.74. The summed E-state index contributed by atoms with van der Waals surface area (Å²) in [5.41, 5.74) is 7.29. The van der Waals surface area contributed by atoms with E-state index in [1.165, 1.54) is 29.2 Å². The van der Waals surface area contributed by atoms with E-state index in [4.69, 9.17) is 5.73 Å². The molecule has 2 N–H and O–H groups in total. The van der Waals surface area contributed by atoms with E-state index in [1.807, 2.05) is 0 Å². The Balaban J connectivity index is 1.76. The van der Waals surface area contributed by atoms with E-state index in [2.05, 4.69) is 54.4 Å². The van der Waals surface area contributed by atoms with Gasteiger partial charge >= 0.3 is 0 Å². The minimum absolute atomic E-state index is 0.548. The van der Waals surface area contributed by atoms with Gasteiger partial charge in [0.2, 0.25) is 0 Å². The molecule has 1 atom stereocenters. The molecule has 1 unspecified atom stereocenters. The van der Waals surface area contributed by atoms with E-state index < -0.39 is 0 Å². The molecule has 0 bridgehead atoms. The van der Waals surface area contributed by atoms with Crippen LogP contribution in [0.3, 0.4) is 0 Å². The molecule has 19 heavy (non-hydrogen) atoms. The van der Waals surface area contributed by atoms with Crippen LogP contribution in [-0.4, -0.2) is 24.5 Å². The first-order valence-electron chi connectivity index (χ1n) is 7.16. The van der Waals surface area contributed by atoms with Gasteiger partial charge in [0.15, 0.2) is 0 Å². The maximum absolute atomic E-state index is 5.92. The number of rotatable bonds is 5. The monoisotopic (exact) mass is 254 g/mol. The fourth-order valence-corrected chi connectivity index (χ4v) is 2.96. The minimum Gasteiger partial charge on any atom is -0.329 e. The average molecular weight is 254 g/mol. The summed E-state index contributed by atoms with van der Waals surface area (Å²) in [6.45, 7) is 1.76. The topological polar surface area (TPSA) is 29.3 Å². The van der Waals surface area contributed by atoms with Gasteiger partial charge in [-0.15, -0.1) is 0 Å². The number of nitrogens with two attached hydrogens (primary N) is 1. The van der Waals surface area contributed by atoms with Gasteiger partial charge in [-0.2, -0.15) is 0 Å². The molecule has 1 saturated carbocycles.